The minimum atomic E-state index is 0.175. The van der Waals surface area contributed by atoms with Gasteiger partial charge in [-0.25, -0.2) is 0 Å². The van der Waals surface area contributed by atoms with E-state index in [1.165, 1.54) is 21.8 Å². The van der Waals surface area contributed by atoms with E-state index in [2.05, 4.69) is 54.0 Å². The van der Waals surface area contributed by atoms with Gasteiger partial charge >= 0.3 is 0 Å². The quantitative estimate of drug-likeness (QED) is 0.923. The molecule has 2 heterocycles. The highest BCUT2D eigenvalue weighted by atomic mass is 32.2. The van der Waals surface area contributed by atoms with Crippen molar-refractivity contribution in [3.05, 3.63) is 47.3 Å². The van der Waals surface area contributed by atoms with Crippen LogP contribution >= 0.6 is 11.8 Å². The van der Waals surface area contributed by atoms with Crippen molar-refractivity contribution < 1.29 is 0 Å². The second-order valence-electron chi connectivity index (χ2n) is 5.63. The molecule has 0 saturated heterocycles. The Morgan fingerprint density at radius 3 is 2.90 bits per heavy atom. The molecule has 1 aliphatic rings. The van der Waals surface area contributed by atoms with E-state index in [1.54, 1.807) is 0 Å². The summed E-state index contributed by atoms with van der Waals surface area (Å²) in [5, 5.41) is 5.10. The van der Waals surface area contributed by atoms with E-state index in [-0.39, 0.29) is 6.04 Å². The predicted octanol–water partition coefficient (Wildman–Crippen LogP) is 3.05. The summed E-state index contributed by atoms with van der Waals surface area (Å²) in [5.74, 6) is 0. The van der Waals surface area contributed by atoms with Crippen LogP contribution < -0.4 is 5.73 Å². The molecule has 0 spiro atoms. The lowest BCUT2D eigenvalue weighted by Crippen LogP contribution is -2.35. The van der Waals surface area contributed by atoms with Crippen molar-refractivity contribution in [1.29, 1.82) is 0 Å². The maximum Gasteiger partial charge on any atom is 0.0624 e. The second-order valence-corrected chi connectivity index (χ2v) is 6.91. The number of fused-ring (bicyclic) bond motifs is 1. The number of thioether (sulfide) groups is 1. The van der Waals surface area contributed by atoms with Crippen molar-refractivity contribution in [1.82, 2.24) is 9.78 Å². The van der Waals surface area contributed by atoms with Gasteiger partial charge < -0.3 is 5.73 Å². The van der Waals surface area contributed by atoms with Crippen molar-refractivity contribution in [2.24, 2.45) is 5.73 Å². The standard InChI is InChI=1S/C17H23N3S/c1-3-13-10-14(20(4-2)19-13)11-15(18)17-9-12-7-5-6-8-16(12)21-17/h5-8,10,15,17H,3-4,9,11,18H2,1-2H3. The molecule has 2 unspecified atom stereocenters. The second kappa shape index (κ2) is 6.24. The number of aromatic nitrogens is 2. The third-order valence-corrected chi connectivity index (χ3v) is 5.64. The first kappa shape index (κ1) is 14.7. The third-order valence-electron chi connectivity index (χ3n) is 4.17. The maximum absolute atomic E-state index is 6.50. The molecule has 0 saturated carbocycles. The Kier molecular flexibility index (Phi) is 4.36. The van der Waals surface area contributed by atoms with Crippen LogP contribution in [0.4, 0.5) is 0 Å². The average Bonchev–Trinajstić information content (AvgIpc) is 3.10. The molecule has 0 amide bonds. The SMILES string of the molecule is CCc1cc(CC(N)C2Cc3ccccc3S2)n(CC)n1. The fourth-order valence-corrected chi connectivity index (χ4v) is 4.27. The molecule has 4 heteroatoms. The summed E-state index contributed by atoms with van der Waals surface area (Å²) >= 11 is 1.93. The lowest BCUT2D eigenvalue weighted by atomic mass is 10.0. The Bertz CT molecular complexity index is 595. The smallest absolute Gasteiger partial charge is 0.0624 e. The van der Waals surface area contributed by atoms with Gasteiger partial charge in [0.05, 0.1) is 5.69 Å². The van der Waals surface area contributed by atoms with Crippen LogP contribution in [-0.2, 0) is 25.8 Å². The van der Waals surface area contributed by atoms with Gasteiger partial charge in [-0.05, 0) is 37.5 Å². The normalized spacial score (nSPS) is 18.7. The summed E-state index contributed by atoms with van der Waals surface area (Å²) < 4.78 is 2.10. The molecule has 0 bridgehead atoms. The molecule has 2 N–H and O–H groups in total. The van der Waals surface area contributed by atoms with E-state index < -0.39 is 0 Å². The van der Waals surface area contributed by atoms with Crippen molar-refractivity contribution >= 4 is 11.8 Å². The number of hydrogen-bond acceptors (Lipinski definition) is 3. The molecule has 2 aromatic rings. The summed E-state index contributed by atoms with van der Waals surface area (Å²) in [6, 6.07) is 11.1. The van der Waals surface area contributed by atoms with Gasteiger partial charge in [-0.3, -0.25) is 4.68 Å². The molecule has 0 aliphatic carbocycles. The summed E-state index contributed by atoms with van der Waals surface area (Å²) in [7, 11) is 0. The molecule has 21 heavy (non-hydrogen) atoms. The first-order valence-electron chi connectivity index (χ1n) is 7.77. The van der Waals surface area contributed by atoms with E-state index in [0.717, 1.165) is 25.8 Å². The highest BCUT2D eigenvalue weighted by Gasteiger charge is 2.27. The molecule has 3 rings (SSSR count). The number of nitrogens with zero attached hydrogens (tertiary/aromatic N) is 2. The van der Waals surface area contributed by atoms with Crippen LogP contribution in [0.1, 0.15) is 30.8 Å². The van der Waals surface area contributed by atoms with Crippen LogP contribution in [-0.4, -0.2) is 21.1 Å². The van der Waals surface area contributed by atoms with Crippen molar-refractivity contribution in [2.45, 2.75) is 55.8 Å². The first-order chi connectivity index (χ1) is 10.2. The van der Waals surface area contributed by atoms with E-state index in [1.807, 2.05) is 11.8 Å². The number of benzene rings is 1. The Hall–Kier alpha value is -1.26. The molecule has 0 radical (unpaired) electrons. The van der Waals surface area contributed by atoms with Gasteiger partial charge in [0.15, 0.2) is 0 Å². The minimum Gasteiger partial charge on any atom is -0.326 e. The monoisotopic (exact) mass is 301 g/mol. The molecule has 112 valence electrons. The molecule has 1 aromatic heterocycles. The van der Waals surface area contributed by atoms with Gasteiger partial charge in [-0.1, -0.05) is 25.1 Å². The first-order valence-corrected chi connectivity index (χ1v) is 8.65. The lowest BCUT2D eigenvalue weighted by molar-refractivity contribution is 0.563. The molecule has 0 fully saturated rings. The van der Waals surface area contributed by atoms with E-state index in [4.69, 9.17) is 5.73 Å². The Balaban J connectivity index is 1.70. The van der Waals surface area contributed by atoms with Crippen LogP contribution in [0.5, 0.6) is 0 Å². The molecule has 3 nitrogen and oxygen atoms in total. The highest BCUT2D eigenvalue weighted by Crippen LogP contribution is 2.38. The number of hydrogen-bond donors (Lipinski definition) is 1. The Labute approximate surface area is 130 Å². The number of rotatable bonds is 5. The van der Waals surface area contributed by atoms with Crippen molar-refractivity contribution in [3.63, 3.8) is 0 Å². The largest absolute Gasteiger partial charge is 0.326 e. The van der Waals surface area contributed by atoms with Crippen LogP contribution in [0.15, 0.2) is 35.2 Å². The van der Waals surface area contributed by atoms with Crippen LogP contribution in [0.2, 0.25) is 0 Å². The zero-order valence-electron chi connectivity index (χ0n) is 12.7. The lowest BCUT2D eigenvalue weighted by Gasteiger charge is -2.18. The molecule has 1 aliphatic heterocycles. The number of aryl methyl sites for hydroxylation is 2. The fraction of sp³-hybridized carbons (Fsp3) is 0.471. The number of nitrogens with two attached hydrogens (primary N) is 1. The van der Waals surface area contributed by atoms with Crippen LogP contribution in [0.25, 0.3) is 0 Å². The molecular formula is C17H23N3S. The summed E-state index contributed by atoms with van der Waals surface area (Å²) in [6.07, 6.45) is 2.98. The predicted molar refractivity (Wildman–Crippen MR) is 88.7 cm³/mol. The van der Waals surface area contributed by atoms with Gasteiger partial charge in [-0.2, -0.15) is 5.10 Å². The van der Waals surface area contributed by atoms with Crippen LogP contribution in [0.3, 0.4) is 0 Å². The van der Waals surface area contributed by atoms with Gasteiger partial charge in [0.25, 0.3) is 0 Å². The summed E-state index contributed by atoms with van der Waals surface area (Å²) in [5.41, 5.74) is 10.4. The maximum atomic E-state index is 6.50. The summed E-state index contributed by atoms with van der Waals surface area (Å²) in [4.78, 5) is 1.40. The zero-order chi connectivity index (χ0) is 14.8. The van der Waals surface area contributed by atoms with Gasteiger partial charge in [0.2, 0.25) is 0 Å². The zero-order valence-corrected chi connectivity index (χ0v) is 13.6. The van der Waals surface area contributed by atoms with E-state index >= 15 is 0 Å². The Morgan fingerprint density at radius 1 is 1.38 bits per heavy atom. The molecule has 1 aromatic carbocycles. The highest BCUT2D eigenvalue weighted by molar-refractivity contribution is 8.00. The average molecular weight is 301 g/mol. The van der Waals surface area contributed by atoms with Gasteiger partial charge in [-0.15, -0.1) is 11.8 Å². The van der Waals surface area contributed by atoms with Crippen molar-refractivity contribution in [2.75, 3.05) is 0 Å². The summed E-state index contributed by atoms with van der Waals surface area (Å²) in [6.45, 7) is 5.21. The van der Waals surface area contributed by atoms with Gasteiger partial charge in [0, 0.05) is 34.8 Å². The Morgan fingerprint density at radius 2 is 2.19 bits per heavy atom. The van der Waals surface area contributed by atoms with Crippen LogP contribution in [0, 0.1) is 0 Å². The molecular weight excluding hydrogens is 278 g/mol. The van der Waals surface area contributed by atoms with E-state index in [9.17, 15) is 0 Å². The van der Waals surface area contributed by atoms with Crippen molar-refractivity contribution in [3.8, 4) is 0 Å². The van der Waals surface area contributed by atoms with Gasteiger partial charge in [0.1, 0.15) is 0 Å². The topological polar surface area (TPSA) is 43.8 Å². The fourth-order valence-electron chi connectivity index (χ4n) is 2.95. The van der Waals surface area contributed by atoms with E-state index in [0.29, 0.717) is 5.25 Å². The third kappa shape index (κ3) is 3.01. The minimum absolute atomic E-state index is 0.175. The molecule has 2 atom stereocenters.